The number of carboxylic acid groups (broad SMARTS) is 1. The van der Waals surface area contributed by atoms with Crippen LogP contribution in [0.3, 0.4) is 0 Å². The van der Waals surface area contributed by atoms with Crippen molar-refractivity contribution in [2.45, 2.75) is 71.1 Å². The van der Waals surface area contributed by atoms with Crippen molar-refractivity contribution in [1.29, 1.82) is 0 Å². The van der Waals surface area contributed by atoms with Gasteiger partial charge in [0.05, 0.1) is 5.56 Å². The van der Waals surface area contributed by atoms with Gasteiger partial charge in [0.25, 0.3) is 0 Å². The number of hydrogen-bond donors (Lipinski definition) is 1. The third-order valence-corrected chi connectivity index (χ3v) is 6.33. The van der Waals surface area contributed by atoms with E-state index in [1.165, 1.54) is 36.8 Å². The maximum atomic E-state index is 11.7. The summed E-state index contributed by atoms with van der Waals surface area (Å²) in [5.41, 5.74) is 4.43. The first kappa shape index (κ1) is 15.6. The summed E-state index contributed by atoms with van der Waals surface area (Å²) in [6, 6.07) is 4.22. The Labute approximate surface area is 133 Å². The topological polar surface area (TPSA) is 37.3 Å². The number of carbonyl (C=O) groups is 1. The van der Waals surface area contributed by atoms with Crippen molar-refractivity contribution in [1.82, 2.24) is 0 Å². The van der Waals surface area contributed by atoms with Crippen LogP contribution in [0.25, 0.3) is 0 Å². The summed E-state index contributed by atoms with van der Waals surface area (Å²) < 4.78 is 0. The molecule has 0 amide bonds. The van der Waals surface area contributed by atoms with Crippen molar-refractivity contribution in [3.05, 3.63) is 34.4 Å². The summed E-state index contributed by atoms with van der Waals surface area (Å²) in [6.45, 7) is 8.94. The molecule has 0 aliphatic heterocycles. The first-order chi connectivity index (χ1) is 10.3. The van der Waals surface area contributed by atoms with E-state index >= 15 is 0 Å². The second kappa shape index (κ2) is 5.40. The molecule has 0 aromatic heterocycles. The van der Waals surface area contributed by atoms with Crippen LogP contribution < -0.4 is 0 Å². The molecule has 3 rings (SSSR count). The van der Waals surface area contributed by atoms with Crippen molar-refractivity contribution < 1.29 is 9.90 Å². The molecule has 2 heteroatoms. The van der Waals surface area contributed by atoms with E-state index in [1.54, 1.807) is 0 Å². The van der Waals surface area contributed by atoms with Crippen molar-refractivity contribution in [3.63, 3.8) is 0 Å². The molecule has 3 atom stereocenters. The SMILES string of the molecule is CC(C)c1cc2c(cc1C(=O)O)C1(C)CCCC(C)C1CC2. The third kappa shape index (κ3) is 2.28. The van der Waals surface area contributed by atoms with E-state index < -0.39 is 5.97 Å². The predicted molar refractivity (Wildman–Crippen MR) is 89.7 cm³/mol. The van der Waals surface area contributed by atoms with E-state index in [2.05, 4.69) is 33.8 Å². The molecule has 0 spiro atoms. The fraction of sp³-hybridized carbons (Fsp3) is 0.650. The standard InChI is InChI=1S/C20H28O2/c1-12(2)15-10-14-7-8-17-13(3)6-5-9-20(17,4)18(14)11-16(15)19(21)22/h10-13,17H,5-9H2,1-4H3,(H,21,22). The normalized spacial score (nSPS) is 30.8. The van der Waals surface area contributed by atoms with Crippen molar-refractivity contribution in [2.75, 3.05) is 0 Å². The molecular formula is C20H28O2. The van der Waals surface area contributed by atoms with E-state index in [-0.39, 0.29) is 11.3 Å². The Morgan fingerprint density at radius 1 is 1.32 bits per heavy atom. The van der Waals surface area contributed by atoms with Gasteiger partial charge in [0.2, 0.25) is 0 Å². The van der Waals surface area contributed by atoms with E-state index in [0.717, 1.165) is 17.9 Å². The predicted octanol–water partition coefficient (Wildman–Crippen LogP) is 5.15. The van der Waals surface area contributed by atoms with Crippen molar-refractivity contribution in [2.24, 2.45) is 11.8 Å². The van der Waals surface area contributed by atoms with Gasteiger partial charge in [-0.05, 0) is 65.2 Å². The first-order valence-corrected chi connectivity index (χ1v) is 8.75. The van der Waals surface area contributed by atoms with Gasteiger partial charge < -0.3 is 5.11 Å². The molecule has 1 N–H and O–H groups in total. The van der Waals surface area contributed by atoms with E-state index in [9.17, 15) is 9.90 Å². The molecule has 0 heterocycles. The van der Waals surface area contributed by atoms with Gasteiger partial charge in [-0.15, -0.1) is 0 Å². The number of carboxylic acids is 1. The highest BCUT2D eigenvalue weighted by Gasteiger charge is 2.45. The molecule has 2 aliphatic rings. The zero-order valence-electron chi connectivity index (χ0n) is 14.3. The molecule has 0 bridgehead atoms. The number of benzene rings is 1. The van der Waals surface area contributed by atoms with Gasteiger partial charge in [-0.25, -0.2) is 4.79 Å². The Kier molecular flexibility index (Phi) is 3.82. The van der Waals surface area contributed by atoms with Crippen molar-refractivity contribution in [3.8, 4) is 0 Å². The fourth-order valence-electron chi connectivity index (χ4n) is 5.12. The van der Waals surface area contributed by atoms with Crippen LogP contribution in [-0.4, -0.2) is 11.1 Å². The van der Waals surface area contributed by atoms with Crippen LogP contribution in [0.15, 0.2) is 12.1 Å². The third-order valence-electron chi connectivity index (χ3n) is 6.33. The number of rotatable bonds is 2. The quantitative estimate of drug-likeness (QED) is 0.820. The summed E-state index contributed by atoms with van der Waals surface area (Å²) >= 11 is 0. The summed E-state index contributed by atoms with van der Waals surface area (Å²) in [7, 11) is 0. The van der Waals surface area contributed by atoms with Crippen LogP contribution >= 0.6 is 0 Å². The minimum atomic E-state index is -0.777. The van der Waals surface area contributed by atoms with Gasteiger partial charge >= 0.3 is 5.97 Å². The zero-order valence-corrected chi connectivity index (χ0v) is 14.3. The lowest BCUT2D eigenvalue weighted by atomic mass is 9.55. The Morgan fingerprint density at radius 2 is 2.05 bits per heavy atom. The number of aromatic carboxylic acids is 1. The van der Waals surface area contributed by atoms with Gasteiger partial charge in [0.15, 0.2) is 0 Å². The monoisotopic (exact) mass is 300 g/mol. The van der Waals surface area contributed by atoms with Crippen LogP contribution in [0, 0.1) is 11.8 Å². The molecule has 3 unspecified atom stereocenters. The average molecular weight is 300 g/mol. The number of hydrogen-bond acceptors (Lipinski definition) is 1. The van der Waals surface area contributed by atoms with Crippen LogP contribution in [0.5, 0.6) is 0 Å². The van der Waals surface area contributed by atoms with Crippen LogP contribution in [0.1, 0.15) is 86.3 Å². The summed E-state index contributed by atoms with van der Waals surface area (Å²) in [4.78, 5) is 11.7. The minimum Gasteiger partial charge on any atom is -0.478 e. The lowest BCUT2D eigenvalue weighted by Crippen LogP contribution is -2.43. The number of aryl methyl sites for hydroxylation is 1. The summed E-state index contributed by atoms with van der Waals surface area (Å²) in [5.74, 6) is 0.943. The molecule has 2 nitrogen and oxygen atoms in total. The van der Waals surface area contributed by atoms with Gasteiger partial charge in [0, 0.05) is 0 Å². The van der Waals surface area contributed by atoms with Crippen LogP contribution in [0.2, 0.25) is 0 Å². The van der Waals surface area contributed by atoms with Crippen molar-refractivity contribution >= 4 is 5.97 Å². The lowest BCUT2D eigenvalue weighted by molar-refractivity contribution is 0.0694. The average Bonchev–Trinajstić information content (AvgIpc) is 2.45. The van der Waals surface area contributed by atoms with E-state index in [1.807, 2.05) is 6.07 Å². The number of fused-ring (bicyclic) bond motifs is 3. The van der Waals surface area contributed by atoms with Gasteiger partial charge in [0.1, 0.15) is 0 Å². The summed E-state index contributed by atoms with van der Waals surface area (Å²) in [5, 5.41) is 9.65. The summed E-state index contributed by atoms with van der Waals surface area (Å²) in [6.07, 6.45) is 6.16. The molecule has 0 radical (unpaired) electrons. The van der Waals surface area contributed by atoms with Gasteiger partial charge in [-0.3, -0.25) is 0 Å². The van der Waals surface area contributed by atoms with Crippen LogP contribution in [0.4, 0.5) is 0 Å². The largest absolute Gasteiger partial charge is 0.478 e. The van der Waals surface area contributed by atoms with Gasteiger partial charge in [-0.2, -0.15) is 0 Å². The Morgan fingerprint density at radius 3 is 2.68 bits per heavy atom. The van der Waals surface area contributed by atoms with Gasteiger partial charge in [-0.1, -0.05) is 46.6 Å². The zero-order chi connectivity index (χ0) is 16.1. The Hall–Kier alpha value is -1.31. The second-order valence-electron chi connectivity index (χ2n) is 7.99. The first-order valence-electron chi connectivity index (χ1n) is 8.75. The van der Waals surface area contributed by atoms with E-state index in [0.29, 0.717) is 11.5 Å². The highest BCUT2D eigenvalue weighted by atomic mass is 16.4. The minimum absolute atomic E-state index is 0.172. The maximum absolute atomic E-state index is 11.7. The highest BCUT2D eigenvalue weighted by Crippen LogP contribution is 2.52. The molecule has 22 heavy (non-hydrogen) atoms. The Balaban J connectivity index is 2.16. The molecule has 2 aliphatic carbocycles. The fourth-order valence-corrected chi connectivity index (χ4v) is 5.12. The highest BCUT2D eigenvalue weighted by molar-refractivity contribution is 5.90. The molecule has 1 aromatic carbocycles. The molecule has 1 saturated carbocycles. The molecular weight excluding hydrogens is 272 g/mol. The molecule has 1 aromatic rings. The van der Waals surface area contributed by atoms with Crippen LogP contribution in [-0.2, 0) is 11.8 Å². The Bertz CT molecular complexity index is 602. The van der Waals surface area contributed by atoms with E-state index in [4.69, 9.17) is 0 Å². The maximum Gasteiger partial charge on any atom is 0.335 e. The molecule has 120 valence electrons. The molecule has 0 saturated heterocycles. The molecule has 1 fully saturated rings. The smallest absolute Gasteiger partial charge is 0.335 e. The lowest BCUT2D eigenvalue weighted by Gasteiger charge is -2.50. The second-order valence-corrected chi connectivity index (χ2v) is 7.99.